The molecule has 15 heavy (non-hydrogen) atoms. The molecule has 2 nitrogen and oxygen atoms in total. The quantitative estimate of drug-likeness (QED) is 0.660. The molecule has 0 aromatic heterocycles. The highest BCUT2D eigenvalue weighted by atomic mass is 16.5. The highest BCUT2D eigenvalue weighted by Crippen LogP contribution is 2.26. The van der Waals surface area contributed by atoms with Crippen LogP contribution in [-0.2, 0) is 4.74 Å². The molecule has 1 saturated heterocycles. The van der Waals surface area contributed by atoms with Crippen molar-refractivity contribution in [3.05, 3.63) is 0 Å². The van der Waals surface area contributed by atoms with Crippen molar-refractivity contribution in [1.82, 2.24) is 0 Å². The maximum atomic E-state index is 10.00. The van der Waals surface area contributed by atoms with E-state index in [4.69, 9.17) is 4.74 Å². The molecule has 0 aliphatic carbocycles. The van der Waals surface area contributed by atoms with Crippen molar-refractivity contribution in [2.24, 2.45) is 5.92 Å². The van der Waals surface area contributed by atoms with Gasteiger partial charge in [-0.2, -0.15) is 0 Å². The SMILES string of the molecule is CCCCCCCC(O)C1CCOC1C. The average molecular weight is 214 g/mol. The molecular weight excluding hydrogens is 188 g/mol. The summed E-state index contributed by atoms with van der Waals surface area (Å²) in [6.07, 6.45) is 8.51. The van der Waals surface area contributed by atoms with Crippen molar-refractivity contribution in [2.75, 3.05) is 6.61 Å². The second-order valence-corrected chi connectivity index (χ2v) is 4.80. The first-order valence-electron chi connectivity index (χ1n) is 6.55. The molecule has 0 aromatic rings. The van der Waals surface area contributed by atoms with Crippen molar-refractivity contribution in [1.29, 1.82) is 0 Å². The lowest BCUT2D eigenvalue weighted by Crippen LogP contribution is -2.26. The van der Waals surface area contributed by atoms with Crippen LogP contribution in [-0.4, -0.2) is 23.9 Å². The van der Waals surface area contributed by atoms with Crippen LogP contribution in [0.25, 0.3) is 0 Å². The van der Waals surface area contributed by atoms with Crippen molar-refractivity contribution in [3.63, 3.8) is 0 Å². The number of hydrogen-bond donors (Lipinski definition) is 1. The van der Waals surface area contributed by atoms with Gasteiger partial charge in [-0.05, 0) is 19.8 Å². The zero-order valence-electron chi connectivity index (χ0n) is 10.2. The molecule has 1 N–H and O–H groups in total. The van der Waals surface area contributed by atoms with Gasteiger partial charge in [0.1, 0.15) is 0 Å². The summed E-state index contributed by atoms with van der Waals surface area (Å²) in [5.41, 5.74) is 0. The summed E-state index contributed by atoms with van der Waals surface area (Å²) in [7, 11) is 0. The Morgan fingerprint density at radius 1 is 1.27 bits per heavy atom. The van der Waals surface area contributed by atoms with Crippen LogP contribution >= 0.6 is 0 Å². The second kappa shape index (κ2) is 7.24. The van der Waals surface area contributed by atoms with Crippen LogP contribution in [0.1, 0.15) is 58.8 Å². The van der Waals surface area contributed by atoms with Crippen LogP contribution in [0, 0.1) is 5.92 Å². The van der Waals surface area contributed by atoms with Crippen molar-refractivity contribution < 1.29 is 9.84 Å². The third-order valence-electron chi connectivity index (χ3n) is 3.53. The first-order chi connectivity index (χ1) is 7.25. The second-order valence-electron chi connectivity index (χ2n) is 4.80. The van der Waals surface area contributed by atoms with Gasteiger partial charge in [-0.15, -0.1) is 0 Å². The van der Waals surface area contributed by atoms with Gasteiger partial charge < -0.3 is 9.84 Å². The van der Waals surface area contributed by atoms with E-state index in [0.29, 0.717) is 5.92 Å². The number of ether oxygens (including phenoxy) is 1. The third-order valence-corrected chi connectivity index (χ3v) is 3.53. The predicted octanol–water partition coefficient (Wildman–Crippen LogP) is 3.13. The topological polar surface area (TPSA) is 29.5 Å². The fraction of sp³-hybridized carbons (Fsp3) is 1.00. The van der Waals surface area contributed by atoms with Gasteiger partial charge in [-0.1, -0.05) is 39.0 Å². The molecule has 0 aromatic carbocycles. The molecule has 3 unspecified atom stereocenters. The van der Waals surface area contributed by atoms with Crippen LogP contribution in [0.5, 0.6) is 0 Å². The average Bonchev–Trinajstić information content (AvgIpc) is 2.64. The number of aliphatic hydroxyl groups excluding tert-OH is 1. The summed E-state index contributed by atoms with van der Waals surface area (Å²) >= 11 is 0. The predicted molar refractivity (Wildman–Crippen MR) is 62.9 cm³/mol. The molecule has 90 valence electrons. The molecule has 1 aliphatic rings. The van der Waals surface area contributed by atoms with Gasteiger partial charge in [0.15, 0.2) is 0 Å². The van der Waals surface area contributed by atoms with E-state index in [0.717, 1.165) is 19.4 Å². The lowest BCUT2D eigenvalue weighted by Gasteiger charge is -2.20. The van der Waals surface area contributed by atoms with Gasteiger partial charge in [0.2, 0.25) is 0 Å². The summed E-state index contributed by atoms with van der Waals surface area (Å²) in [6.45, 7) is 5.14. The van der Waals surface area contributed by atoms with E-state index in [1.54, 1.807) is 0 Å². The standard InChI is InChI=1S/C13H26O2/c1-3-4-5-6-7-8-13(14)12-9-10-15-11(12)2/h11-14H,3-10H2,1-2H3. The maximum Gasteiger partial charge on any atom is 0.0600 e. The van der Waals surface area contributed by atoms with E-state index >= 15 is 0 Å². The summed E-state index contributed by atoms with van der Waals surface area (Å²) in [5, 5.41) is 10.00. The first-order valence-corrected chi connectivity index (χ1v) is 6.55. The Bertz CT molecular complexity index is 159. The molecule has 1 rings (SSSR count). The molecule has 1 heterocycles. The van der Waals surface area contributed by atoms with Crippen molar-refractivity contribution in [2.45, 2.75) is 71.0 Å². The lowest BCUT2D eigenvalue weighted by atomic mass is 9.92. The Labute approximate surface area is 94.0 Å². The van der Waals surface area contributed by atoms with E-state index in [-0.39, 0.29) is 12.2 Å². The molecule has 2 heteroatoms. The van der Waals surface area contributed by atoms with Crippen LogP contribution in [0.2, 0.25) is 0 Å². The van der Waals surface area contributed by atoms with Gasteiger partial charge in [0.05, 0.1) is 12.2 Å². The number of unbranched alkanes of at least 4 members (excludes halogenated alkanes) is 4. The minimum absolute atomic E-state index is 0.135. The van der Waals surface area contributed by atoms with E-state index in [9.17, 15) is 5.11 Å². The summed E-state index contributed by atoms with van der Waals surface area (Å²) in [6, 6.07) is 0. The minimum Gasteiger partial charge on any atom is -0.393 e. The maximum absolute atomic E-state index is 10.00. The van der Waals surface area contributed by atoms with Gasteiger partial charge >= 0.3 is 0 Å². The van der Waals surface area contributed by atoms with Crippen LogP contribution < -0.4 is 0 Å². The van der Waals surface area contributed by atoms with E-state index in [1.165, 1.54) is 32.1 Å². The Kier molecular flexibility index (Phi) is 6.26. The molecule has 0 spiro atoms. The molecule has 0 saturated carbocycles. The van der Waals surface area contributed by atoms with Gasteiger partial charge in [0, 0.05) is 12.5 Å². The fourth-order valence-corrected chi connectivity index (χ4v) is 2.42. The van der Waals surface area contributed by atoms with E-state index in [1.807, 2.05) is 0 Å². The van der Waals surface area contributed by atoms with Gasteiger partial charge in [0.25, 0.3) is 0 Å². The third kappa shape index (κ3) is 4.52. The summed E-state index contributed by atoms with van der Waals surface area (Å²) in [4.78, 5) is 0. The monoisotopic (exact) mass is 214 g/mol. The molecule has 0 radical (unpaired) electrons. The first kappa shape index (κ1) is 13.0. The Hall–Kier alpha value is -0.0800. The highest BCUT2D eigenvalue weighted by molar-refractivity contribution is 4.79. The normalized spacial score (nSPS) is 28.2. The Morgan fingerprint density at radius 2 is 2.00 bits per heavy atom. The van der Waals surface area contributed by atoms with E-state index < -0.39 is 0 Å². The zero-order chi connectivity index (χ0) is 11.1. The fourth-order valence-electron chi connectivity index (χ4n) is 2.42. The summed E-state index contributed by atoms with van der Waals surface area (Å²) in [5.74, 6) is 0.385. The number of rotatable bonds is 7. The molecular formula is C13H26O2. The molecule has 1 fully saturated rings. The summed E-state index contributed by atoms with van der Waals surface area (Å²) < 4.78 is 5.47. The largest absolute Gasteiger partial charge is 0.393 e. The van der Waals surface area contributed by atoms with Crippen LogP contribution in [0.15, 0.2) is 0 Å². The molecule has 0 amide bonds. The minimum atomic E-state index is -0.135. The van der Waals surface area contributed by atoms with Crippen molar-refractivity contribution in [3.8, 4) is 0 Å². The Balaban J connectivity index is 2.05. The van der Waals surface area contributed by atoms with E-state index in [2.05, 4.69) is 13.8 Å². The van der Waals surface area contributed by atoms with Crippen molar-refractivity contribution >= 4 is 0 Å². The zero-order valence-corrected chi connectivity index (χ0v) is 10.2. The molecule has 3 atom stereocenters. The Morgan fingerprint density at radius 3 is 2.60 bits per heavy atom. The van der Waals surface area contributed by atoms with Gasteiger partial charge in [-0.3, -0.25) is 0 Å². The van der Waals surface area contributed by atoms with Crippen LogP contribution in [0.3, 0.4) is 0 Å². The molecule has 1 aliphatic heterocycles. The molecule has 0 bridgehead atoms. The number of hydrogen-bond acceptors (Lipinski definition) is 2. The highest BCUT2D eigenvalue weighted by Gasteiger charge is 2.29. The smallest absolute Gasteiger partial charge is 0.0600 e. The lowest BCUT2D eigenvalue weighted by molar-refractivity contribution is 0.0383. The van der Waals surface area contributed by atoms with Crippen LogP contribution in [0.4, 0.5) is 0 Å². The number of aliphatic hydroxyl groups is 1. The van der Waals surface area contributed by atoms with Gasteiger partial charge in [-0.25, -0.2) is 0 Å².